The second-order valence-corrected chi connectivity index (χ2v) is 11.9. The molecule has 0 N–H and O–H groups in total. The van der Waals surface area contributed by atoms with Crippen molar-refractivity contribution in [3.8, 4) is 0 Å². The highest BCUT2D eigenvalue weighted by molar-refractivity contribution is 7.81. The zero-order valence-corrected chi connectivity index (χ0v) is 20.1. The minimum absolute atomic E-state index is 0.188. The molecule has 0 radical (unpaired) electrons. The standard InChI is InChI=1S/C23H16F10P2/c1-23(2,3)8-34-9-6-4-5-7-10(9)35(21-17(30)13(26)11(24)14(27)18(21)31)22-19(32)15(28)12(25)16(29)20(22)33/h4-7,34H,8H2,1-3H3. The van der Waals surface area contributed by atoms with E-state index < -0.39 is 76.7 Å². The zero-order chi connectivity index (χ0) is 26.4. The maximum absolute atomic E-state index is 14.9. The van der Waals surface area contributed by atoms with Gasteiger partial charge in [-0.1, -0.05) is 53.6 Å². The van der Waals surface area contributed by atoms with Gasteiger partial charge >= 0.3 is 0 Å². The Balaban J connectivity index is 2.48. The van der Waals surface area contributed by atoms with E-state index >= 15 is 0 Å². The van der Waals surface area contributed by atoms with Crippen LogP contribution in [0.4, 0.5) is 43.9 Å². The largest absolute Gasteiger partial charge is 0.203 e. The summed E-state index contributed by atoms with van der Waals surface area (Å²) >= 11 is 0. The maximum Gasteiger partial charge on any atom is 0.200 e. The van der Waals surface area contributed by atoms with Gasteiger partial charge in [0.05, 0.1) is 10.6 Å². The zero-order valence-electron chi connectivity index (χ0n) is 18.2. The molecule has 0 spiro atoms. The molecule has 3 rings (SSSR count). The first-order valence-electron chi connectivity index (χ1n) is 9.85. The Morgan fingerprint density at radius 1 is 0.571 bits per heavy atom. The van der Waals surface area contributed by atoms with Crippen LogP contribution in [0.5, 0.6) is 0 Å². The number of benzene rings is 3. The molecule has 3 aromatic carbocycles. The monoisotopic (exact) mass is 544 g/mol. The lowest BCUT2D eigenvalue weighted by atomic mass is 10.0. The van der Waals surface area contributed by atoms with Crippen LogP contribution in [0.1, 0.15) is 20.8 Å². The molecule has 0 fully saturated rings. The normalized spacial score (nSPS) is 12.4. The van der Waals surface area contributed by atoms with E-state index in [9.17, 15) is 43.9 Å². The molecule has 0 bridgehead atoms. The summed E-state index contributed by atoms with van der Waals surface area (Å²) in [5, 5.41) is -3.45. The quantitative estimate of drug-likeness (QED) is 0.156. The Labute approximate surface area is 196 Å². The molecule has 35 heavy (non-hydrogen) atoms. The molecule has 3 aromatic rings. The summed E-state index contributed by atoms with van der Waals surface area (Å²) < 4.78 is 143. The van der Waals surface area contributed by atoms with Gasteiger partial charge in [0.25, 0.3) is 0 Å². The van der Waals surface area contributed by atoms with Crippen LogP contribution in [0.15, 0.2) is 24.3 Å². The summed E-state index contributed by atoms with van der Waals surface area (Å²) in [6.07, 6.45) is 0.432. The molecule has 0 heterocycles. The van der Waals surface area contributed by atoms with E-state index in [4.69, 9.17) is 0 Å². The summed E-state index contributed by atoms with van der Waals surface area (Å²) in [5.41, 5.74) is -0.302. The fraction of sp³-hybridized carbons (Fsp3) is 0.217. The molecular weight excluding hydrogens is 528 g/mol. The Kier molecular flexibility index (Phi) is 7.88. The highest BCUT2D eigenvalue weighted by Gasteiger charge is 2.39. The van der Waals surface area contributed by atoms with E-state index in [1.165, 1.54) is 18.2 Å². The second-order valence-electron chi connectivity index (χ2n) is 8.60. The number of hydrogen-bond donors (Lipinski definition) is 0. The number of rotatable bonds is 5. The van der Waals surface area contributed by atoms with Gasteiger partial charge in [-0.15, -0.1) is 0 Å². The molecule has 1 unspecified atom stereocenters. The maximum atomic E-state index is 14.9. The predicted molar refractivity (Wildman–Crippen MR) is 117 cm³/mol. The molecule has 12 heteroatoms. The van der Waals surface area contributed by atoms with Crippen molar-refractivity contribution < 1.29 is 43.9 Å². The Hall–Kier alpha value is -2.18. The average molecular weight is 544 g/mol. The third-order valence-corrected chi connectivity index (χ3v) is 9.59. The van der Waals surface area contributed by atoms with Crippen LogP contribution in [0, 0.1) is 63.6 Å². The molecule has 0 aliphatic rings. The van der Waals surface area contributed by atoms with E-state index in [2.05, 4.69) is 0 Å². The van der Waals surface area contributed by atoms with Crippen molar-refractivity contribution in [3.05, 3.63) is 82.4 Å². The lowest BCUT2D eigenvalue weighted by Gasteiger charge is -2.26. The first-order valence-corrected chi connectivity index (χ1v) is 12.4. The van der Waals surface area contributed by atoms with Crippen LogP contribution < -0.4 is 21.2 Å². The third kappa shape index (κ3) is 5.05. The summed E-state index contributed by atoms with van der Waals surface area (Å²) in [7, 11) is -3.66. The van der Waals surface area contributed by atoms with Crippen LogP contribution >= 0.6 is 16.5 Å². The smallest absolute Gasteiger partial charge is 0.200 e. The van der Waals surface area contributed by atoms with Gasteiger partial charge in [0.15, 0.2) is 46.5 Å². The highest BCUT2D eigenvalue weighted by Crippen LogP contribution is 2.41. The number of halogens is 10. The minimum Gasteiger partial charge on any atom is -0.203 e. The molecular formula is C23H16F10P2. The van der Waals surface area contributed by atoms with Crippen LogP contribution in [0.3, 0.4) is 0 Å². The van der Waals surface area contributed by atoms with Gasteiger partial charge in [-0.25, -0.2) is 43.9 Å². The van der Waals surface area contributed by atoms with Crippen LogP contribution in [0.25, 0.3) is 0 Å². The van der Waals surface area contributed by atoms with Gasteiger partial charge in [-0.3, -0.25) is 0 Å². The van der Waals surface area contributed by atoms with Crippen molar-refractivity contribution >= 4 is 37.7 Å². The molecule has 0 aliphatic heterocycles. The summed E-state index contributed by atoms with van der Waals surface area (Å²) in [6, 6.07) is 5.21. The Bertz CT molecular complexity index is 1170. The van der Waals surface area contributed by atoms with E-state index in [1.54, 1.807) is 0 Å². The van der Waals surface area contributed by atoms with Gasteiger partial charge < -0.3 is 0 Å². The molecule has 0 aliphatic carbocycles. The van der Waals surface area contributed by atoms with Crippen LogP contribution in [-0.2, 0) is 0 Å². The van der Waals surface area contributed by atoms with Gasteiger partial charge in [0, 0.05) is 7.92 Å². The molecule has 0 amide bonds. The third-order valence-electron chi connectivity index (χ3n) is 4.77. The van der Waals surface area contributed by atoms with Crippen LogP contribution in [-0.4, -0.2) is 6.16 Å². The topological polar surface area (TPSA) is 0 Å². The molecule has 0 aromatic heterocycles. The summed E-state index contributed by atoms with van der Waals surface area (Å²) in [5.74, 6) is -24.4. The van der Waals surface area contributed by atoms with Gasteiger partial charge in [0.1, 0.15) is 0 Å². The van der Waals surface area contributed by atoms with E-state index in [1.807, 2.05) is 20.8 Å². The van der Waals surface area contributed by atoms with Crippen molar-refractivity contribution in [3.63, 3.8) is 0 Å². The molecule has 0 nitrogen and oxygen atoms in total. The molecule has 0 saturated carbocycles. The van der Waals surface area contributed by atoms with Gasteiger partial charge in [-0.05, 0) is 22.2 Å². The highest BCUT2D eigenvalue weighted by atomic mass is 31.1. The van der Waals surface area contributed by atoms with Gasteiger partial charge in [-0.2, -0.15) is 0 Å². The first-order chi connectivity index (χ1) is 16.2. The second kappa shape index (κ2) is 10.1. The fourth-order valence-corrected chi connectivity index (χ4v) is 7.32. The number of hydrogen-bond acceptors (Lipinski definition) is 0. The lowest BCUT2D eigenvalue weighted by Crippen LogP contribution is -2.37. The van der Waals surface area contributed by atoms with Gasteiger partial charge in [0.2, 0.25) is 11.6 Å². The molecule has 188 valence electrons. The molecule has 0 saturated heterocycles. The van der Waals surface area contributed by atoms with E-state index in [0.717, 1.165) is 6.07 Å². The Morgan fingerprint density at radius 3 is 1.29 bits per heavy atom. The van der Waals surface area contributed by atoms with Crippen molar-refractivity contribution in [2.24, 2.45) is 5.41 Å². The van der Waals surface area contributed by atoms with Crippen molar-refractivity contribution in [1.82, 2.24) is 0 Å². The minimum atomic E-state index is -3.47. The first kappa shape index (κ1) is 27.4. The van der Waals surface area contributed by atoms with Crippen molar-refractivity contribution in [1.29, 1.82) is 0 Å². The Morgan fingerprint density at radius 2 is 0.914 bits per heavy atom. The SMILES string of the molecule is CC(C)(C)CPc1ccccc1P(c1c(F)c(F)c(F)c(F)c1F)c1c(F)c(F)c(F)c(F)c1F. The predicted octanol–water partition coefficient (Wildman–Crippen LogP) is 6.19. The lowest BCUT2D eigenvalue weighted by molar-refractivity contribution is 0.383. The average Bonchev–Trinajstić information content (AvgIpc) is 2.81. The summed E-state index contributed by atoms with van der Waals surface area (Å²) in [4.78, 5) is 0. The molecule has 1 atom stereocenters. The van der Waals surface area contributed by atoms with Crippen LogP contribution in [0.2, 0.25) is 0 Å². The van der Waals surface area contributed by atoms with Crippen molar-refractivity contribution in [2.45, 2.75) is 20.8 Å². The summed E-state index contributed by atoms with van der Waals surface area (Å²) in [6.45, 7) is 5.54. The van der Waals surface area contributed by atoms with Crippen molar-refractivity contribution in [2.75, 3.05) is 6.16 Å². The fourth-order valence-electron chi connectivity index (χ4n) is 3.11. The van der Waals surface area contributed by atoms with E-state index in [-0.39, 0.29) is 24.6 Å². The van der Waals surface area contributed by atoms with E-state index in [0.29, 0.717) is 6.16 Å².